The molecule has 0 aromatic heterocycles. The number of benzene rings is 2. The highest BCUT2D eigenvalue weighted by atomic mass is 16.6. The molecule has 0 bridgehead atoms. The molecule has 2 aromatic rings. The van der Waals surface area contributed by atoms with E-state index in [2.05, 4.69) is 0 Å². The Kier molecular flexibility index (Phi) is 7.80. The molecule has 0 radical (unpaired) electrons. The van der Waals surface area contributed by atoms with Crippen LogP contribution >= 0.6 is 0 Å². The van der Waals surface area contributed by atoms with Crippen molar-refractivity contribution in [2.24, 2.45) is 0 Å². The van der Waals surface area contributed by atoms with E-state index in [0.717, 1.165) is 11.6 Å². The van der Waals surface area contributed by atoms with Gasteiger partial charge < -0.3 is 24.8 Å². The van der Waals surface area contributed by atoms with Gasteiger partial charge in [0.05, 0.1) is 6.61 Å². The van der Waals surface area contributed by atoms with E-state index in [9.17, 15) is 24.9 Å². The summed E-state index contributed by atoms with van der Waals surface area (Å²) in [6, 6.07) is 13.2. The van der Waals surface area contributed by atoms with Crippen LogP contribution in [-0.4, -0.2) is 46.6 Å². The summed E-state index contributed by atoms with van der Waals surface area (Å²) < 4.78 is 9.96. The SMILES string of the molecule is O=C(/C=C/c1ccc(O)c(O)c1)OCC(CO)OC(=O)/C=C/c1ccccc1. The van der Waals surface area contributed by atoms with Crippen LogP contribution in [0, 0.1) is 0 Å². The maximum atomic E-state index is 11.8. The van der Waals surface area contributed by atoms with E-state index in [4.69, 9.17) is 9.47 Å². The Labute approximate surface area is 161 Å². The number of esters is 2. The smallest absolute Gasteiger partial charge is 0.331 e. The summed E-state index contributed by atoms with van der Waals surface area (Å²) in [6.07, 6.45) is 4.28. The summed E-state index contributed by atoms with van der Waals surface area (Å²) in [7, 11) is 0. The van der Waals surface area contributed by atoms with Gasteiger partial charge in [-0.3, -0.25) is 0 Å². The topological polar surface area (TPSA) is 113 Å². The number of carbonyl (C=O) groups excluding carboxylic acids is 2. The van der Waals surface area contributed by atoms with Crippen LogP contribution in [0.4, 0.5) is 0 Å². The lowest BCUT2D eigenvalue weighted by Gasteiger charge is -2.13. The van der Waals surface area contributed by atoms with Crippen molar-refractivity contribution in [3.8, 4) is 11.5 Å². The number of hydrogen-bond acceptors (Lipinski definition) is 7. The molecule has 28 heavy (non-hydrogen) atoms. The van der Waals surface area contributed by atoms with Crippen LogP contribution in [-0.2, 0) is 19.1 Å². The second kappa shape index (κ2) is 10.5. The highest BCUT2D eigenvalue weighted by Crippen LogP contribution is 2.25. The molecule has 0 saturated heterocycles. The summed E-state index contributed by atoms with van der Waals surface area (Å²) in [6.45, 7) is -0.820. The van der Waals surface area contributed by atoms with Gasteiger partial charge in [0.15, 0.2) is 17.6 Å². The molecular formula is C21H20O7. The molecule has 0 heterocycles. The number of phenols is 2. The largest absolute Gasteiger partial charge is 0.504 e. The minimum absolute atomic E-state index is 0.270. The average molecular weight is 384 g/mol. The monoisotopic (exact) mass is 384 g/mol. The van der Waals surface area contributed by atoms with Crippen LogP contribution in [0.25, 0.3) is 12.2 Å². The van der Waals surface area contributed by atoms with Crippen molar-refractivity contribution in [2.75, 3.05) is 13.2 Å². The van der Waals surface area contributed by atoms with E-state index in [1.54, 1.807) is 6.08 Å². The van der Waals surface area contributed by atoms with E-state index >= 15 is 0 Å². The van der Waals surface area contributed by atoms with E-state index in [-0.39, 0.29) is 18.1 Å². The molecule has 0 saturated carbocycles. The predicted molar refractivity (Wildman–Crippen MR) is 102 cm³/mol. The van der Waals surface area contributed by atoms with Gasteiger partial charge in [-0.15, -0.1) is 0 Å². The van der Waals surface area contributed by atoms with Crippen LogP contribution in [0.1, 0.15) is 11.1 Å². The van der Waals surface area contributed by atoms with Gasteiger partial charge in [0.25, 0.3) is 0 Å². The van der Waals surface area contributed by atoms with Crippen molar-refractivity contribution < 1.29 is 34.4 Å². The highest BCUT2D eigenvalue weighted by molar-refractivity contribution is 5.88. The Morgan fingerprint density at radius 1 is 0.893 bits per heavy atom. The fraction of sp³-hybridized carbons (Fsp3) is 0.143. The van der Waals surface area contributed by atoms with E-state index in [1.807, 2.05) is 30.3 Å². The molecular weight excluding hydrogens is 364 g/mol. The zero-order valence-electron chi connectivity index (χ0n) is 14.9. The number of aliphatic hydroxyl groups is 1. The maximum absolute atomic E-state index is 11.8. The van der Waals surface area contributed by atoms with Crippen molar-refractivity contribution in [3.63, 3.8) is 0 Å². The van der Waals surface area contributed by atoms with Crippen molar-refractivity contribution in [1.82, 2.24) is 0 Å². The zero-order valence-corrected chi connectivity index (χ0v) is 14.9. The Morgan fingerprint density at radius 2 is 1.57 bits per heavy atom. The molecule has 7 heteroatoms. The maximum Gasteiger partial charge on any atom is 0.331 e. The first-order valence-corrected chi connectivity index (χ1v) is 8.39. The van der Waals surface area contributed by atoms with E-state index < -0.39 is 24.6 Å². The summed E-state index contributed by atoms with van der Waals surface area (Å²) in [5.41, 5.74) is 1.29. The van der Waals surface area contributed by atoms with E-state index in [1.165, 1.54) is 30.4 Å². The van der Waals surface area contributed by atoms with Gasteiger partial charge in [-0.2, -0.15) is 0 Å². The molecule has 0 aliphatic carbocycles. The minimum Gasteiger partial charge on any atom is -0.504 e. The third kappa shape index (κ3) is 6.97. The fourth-order valence-electron chi connectivity index (χ4n) is 2.09. The Bertz CT molecular complexity index is 856. The van der Waals surface area contributed by atoms with Crippen LogP contribution in [0.5, 0.6) is 11.5 Å². The number of carbonyl (C=O) groups is 2. The van der Waals surface area contributed by atoms with Gasteiger partial charge in [0, 0.05) is 12.2 Å². The molecule has 2 rings (SSSR count). The first-order valence-electron chi connectivity index (χ1n) is 8.39. The Hall–Kier alpha value is -3.58. The van der Waals surface area contributed by atoms with Crippen LogP contribution in [0.2, 0.25) is 0 Å². The van der Waals surface area contributed by atoms with Crippen molar-refractivity contribution in [3.05, 3.63) is 71.8 Å². The summed E-state index contributed by atoms with van der Waals surface area (Å²) >= 11 is 0. The van der Waals surface area contributed by atoms with Crippen LogP contribution in [0.3, 0.4) is 0 Å². The van der Waals surface area contributed by atoms with Gasteiger partial charge in [0.1, 0.15) is 6.61 Å². The first-order chi connectivity index (χ1) is 13.5. The number of aromatic hydroxyl groups is 2. The molecule has 0 spiro atoms. The summed E-state index contributed by atoms with van der Waals surface area (Å²) in [5, 5.41) is 27.9. The molecule has 0 aliphatic rings. The average Bonchev–Trinajstić information content (AvgIpc) is 2.71. The Morgan fingerprint density at radius 3 is 2.25 bits per heavy atom. The van der Waals surface area contributed by atoms with Gasteiger partial charge in [-0.1, -0.05) is 36.4 Å². The van der Waals surface area contributed by atoms with E-state index in [0.29, 0.717) is 5.56 Å². The normalized spacial score (nSPS) is 12.2. The number of ether oxygens (including phenoxy) is 2. The molecule has 2 aromatic carbocycles. The van der Waals surface area contributed by atoms with Gasteiger partial charge in [-0.25, -0.2) is 9.59 Å². The van der Waals surface area contributed by atoms with Crippen LogP contribution < -0.4 is 0 Å². The summed E-state index contributed by atoms with van der Waals surface area (Å²) in [4.78, 5) is 23.5. The highest BCUT2D eigenvalue weighted by Gasteiger charge is 2.14. The quantitative estimate of drug-likeness (QED) is 0.363. The molecule has 1 atom stereocenters. The molecule has 1 unspecified atom stereocenters. The fourth-order valence-corrected chi connectivity index (χ4v) is 2.09. The second-order valence-corrected chi connectivity index (χ2v) is 5.70. The van der Waals surface area contributed by atoms with Crippen molar-refractivity contribution >= 4 is 24.1 Å². The lowest BCUT2D eigenvalue weighted by molar-refractivity contribution is -0.154. The number of phenolic OH excluding ortho intramolecular Hbond substituents is 2. The van der Waals surface area contributed by atoms with Crippen LogP contribution in [0.15, 0.2) is 60.7 Å². The molecule has 3 N–H and O–H groups in total. The lowest BCUT2D eigenvalue weighted by Crippen LogP contribution is -2.27. The number of hydrogen-bond donors (Lipinski definition) is 3. The van der Waals surface area contributed by atoms with Gasteiger partial charge in [0.2, 0.25) is 0 Å². The van der Waals surface area contributed by atoms with Gasteiger partial charge in [-0.05, 0) is 35.4 Å². The Balaban J connectivity index is 1.81. The minimum atomic E-state index is -0.997. The molecule has 0 fully saturated rings. The number of aliphatic hydroxyl groups excluding tert-OH is 1. The molecule has 146 valence electrons. The molecule has 0 amide bonds. The zero-order chi connectivity index (χ0) is 20.4. The lowest BCUT2D eigenvalue weighted by atomic mass is 10.2. The van der Waals surface area contributed by atoms with Gasteiger partial charge >= 0.3 is 11.9 Å². The van der Waals surface area contributed by atoms with Crippen molar-refractivity contribution in [2.45, 2.75) is 6.10 Å². The third-order valence-corrected chi connectivity index (χ3v) is 3.52. The standard InChI is InChI=1S/C21H20O7/c22-13-17(28-21(26)11-7-15-4-2-1-3-5-15)14-27-20(25)10-8-16-6-9-18(23)19(24)12-16/h1-12,17,22-24H,13-14H2/b10-8+,11-7+. The second-order valence-electron chi connectivity index (χ2n) is 5.70. The summed E-state index contributed by atoms with van der Waals surface area (Å²) in [5.74, 6) is -1.98. The predicted octanol–water partition coefficient (Wildman–Crippen LogP) is 2.27. The number of rotatable bonds is 8. The third-order valence-electron chi connectivity index (χ3n) is 3.52. The molecule has 7 nitrogen and oxygen atoms in total. The van der Waals surface area contributed by atoms with Crippen molar-refractivity contribution in [1.29, 1.82) is 0 Å². The molecule has 0 aliphatic heterocycles. The first kappa shape index (κ1) is 20.7.